The summed E-state index contributed by atoms with van der Waals surface area (Å²) in [6.45, 7) is 0.782. The van der Waals surface area contributed by atoms with Crippen molar-refractivity contribution >= 4 is 17.2 Å². The van der Waals surface area contributed by atoms with Crippen LogP contribution in [0.1, 0.15) is 50.6 Å². The molecule has 0 aromatic carbocycles. The van der Waals surface area contributed by atoms with Crippen LogP contribution in [0.4, 0.5) is 0 Å². The molecule has 1 amide bonds. The van der Waals surface area contributed by atoms with Gasteiger partial charge in [-0.2, -0.15) is 0 Å². The molecule has 1 aliphatic carbocycles. The molecule has 2 aromatic rings. The number of carbonyl (C=O) groups is 1. The first-order valence-corrected chi connectivity index (χ1v) is 9.44. The van der Waals surface area contributed by atoms with Crippen LogP contribution in [0.25, 0.3) is 10.8 Å². The van der Waals surface area contributed by atoms with E-state index in [-0.39, 0.29) is 5.91 Å². The molecular weight excluding hydrogens is 308 g/mol. The van der Waals surface area contributed by atoms with E-state index in [1.54, 1.807) is 6.26 Å². The minimum atomic E-state index is 0.0601. The Morgan fingerprint density at radius 3 is 3.00 bits per heavy atom. The normalized spacial score (nSPS) is 15.7. The van der Waals surface area contributed by atoms with Crippen molar-refractivity contribution in [3.63, 3.8) is 0 Å². The number of aromatic nitrogens is 1. The maximum atomic E-state index is 12.0. The first-order chi connectivity index (χ1) is 11.3. The summed E-state index contributed by atoms with van der Waals surface area (Å²) in [7, 11) is 0. The molecule has 124 valence electrons. The van der Waals surface area contributed by atoms with Gasteiger partial charge >= 0.3 is 0 Å². The monoisotopic (exact) mass is 332 g/mol. The van der Waals surface area contributed by atoms with Crippen LogP contribution >= 0.6 is 11.3 Å². The van der Waals surface area contributed by atoms with Crippen LogP contribution in [0.5, 0.6) is 0 Å². The minimum absolute atomic E-state index is 0.0601. The number of hydrogen-bond donors (Lipinski definition) is 1. The van der Waals surface area contributed by atoms with E-state index in [2.05, 4.69) is 10.3 Å². The molecule has 0 spiro atoms. The molecule has 0 unspecified atom stereocenters. The maximum Gasteiger partial charge on any atom is 0.226 e. The van der Waals surface area contributed by atoms with Crippen molar-refractivity contribution in [2.75, 3.05) is 6.54 Å². The summed E-state index contributed by atoms with van der Waals surface area (Å²) in [6.07, 6.45) is 11.3. The van der Waals surface area contributed by atoms with Gasteiger partial charge in [-0.3, -0.25) is 4.79 Å². The van der Waals surface area contributed by atoms with Crippen molar-refractivity contribution in [1.82, 2.24) is 10.3 Å². The van der Waals surface area contributed by atoms with Gasteiger partial charge in [0.2, 0.25) is 5.91 Å². The highest BCUT2D eigenvalue weighted by Gasteiger charge is 2.13. The minimum Gasteiger partial charge on any atom is -0.462 e. The Bertz CT molecular complexity index is 600. The van der Waals surface area contributed by atoms with Crippen LogP contribution in [0.3, 0.4) is 0 Å². The Labute approximate surface area is 141 Å². The van der Waals surface area contributed by atoms with E-state index in [1.165, 1.54) is 49.9 Å². The number of furan rings is 1. The largest absolute Gasteiger partial charge is 0.462 e. The summed E-state index contributed by atoms with van der Waals surface area (Å²) in [4.78, 5) is 16.4. The average molecular weight is 332 g/mol. The quantitative estimate of drug-likeness (QED) is 0.764. The number of amides is 1. The molecule has 0 aliphatic heterocycles. The van der Waals surface area contributed by atoms with Crippen molar-refractivity contribution < 1.29 is 9.21 Å². The molecule has 1 saturated carbocycles. The van der Waals surface area contributed by atoms with E-state index in [1.807, 2.05) is 17.5 Å². The molecule has 4 nitrogen and oxygen atoms in total. The van der Waals surface area contributed by atoms with Crippen LogP contribution in [-0.4, -0.2) is 17.4 Å². The average Bonchev–Trinajstić information content (AvgIpc) is 3.24. The predicted octanol–water partition coefficient (Wildman–Crippen LogP) is 4.42. The Morgan fingerprint density at radius 1 is 1.35 bits per heavy atom. The summed E-state index contributed by atoms with van der Waals surface area (Å²) in [5.41, 5.74) is 0.811. The highest BCUT2D eigenvalue weighted by molar-refractivity contribution is 7.13. The lowest BCUT2D eigenvalue weighted by atomic mass is 9.86. The SMILES string of the molecule is O=C(Cc1csc(-c2ccco2)n1)NCCCC1CCCCC1. The van der Waals surface area contributed by atoms with Gasteiger partial charge in [-0.05, 0) is 30.9 Å². The van der Waals surface area contributed by atoms with Crippen molar-refractivity contribution in [2.45, 2.75) is 51.4 Å². The molecule has 3 rings (SSSR count). The van der Waals surface area contributed by atoms with E-state index in [9.17, 15) is 4.79 Å². The summed E-state index contributed by atoms with van der Waals surface area (Å²) >= 11 is 1.51. The molecule has 2 aromatic heterocycles. The van der Waals surface area contributed by atoms with Gasteiger partial charge in [0.25, 0.3) is 0 Å². The molecule has 23 heavy (non-hydrogen) atoms. The summed E-state index contributed by atoms with van der Waals surface area (Å²) in [5, 5.41) is 5.78. The Morgan fingerprint density at radius 2 is 2.22 bits per heavy atom. The summed E-state index contributed by atoms with van der Waals surface area (Å²) in [6, 6.07) is 3.73. The standard InChI is InChI=1S/C18H24N2O2S/c21-17(19-10-4-8-14-6-2-1-3-7-14)12-15-13-23-18(20-15)16-9-5-11-22-16/h5,9,11,13-14H,1-4,6-8,10,12H2,(H,19,21). The van der Waals surface area contributed by atoms with Gasteiger partial charge < -0.3 is 9.73 Å². The van der Waals surface area contributed by atoms with Crippen LogP contribution in [-0.2, 0) is 11.2 Å². The van der Waals surface area contributed by atoms with Crippen LogP contribution < -0.4 is 5.32 Å². The number of hydrogen-bond acceptors (Lipinski definition) is 4. The molecule has 1 N–H and O–H groups in total. The second-order valence-corrected chi connectivity index (χ2v) is 7.15. The maximum absolute atomic E-state index is 12.0. The second-order valence-electron chi connectivity index (χ2n) is 6.29. The van der Waals surface area contributed by atoms with Gasteiger partial charge in [-0.25, -0.2) is 4.98 Å². The van der Waals surface area contributed by atoms with E-state index in [0.717, 1.165) is 35.3 Å². The van der Waals surface area contributed by atoms with Crippen molar-refractivity contribution in [2.24, 2.45) is 5.92 Å². The Balaban J connectivity index is 1.36. The molecule has 5 heteroatoms. The summed E-state index contributed by atoms with van der Waals surface area (Å²) < 4.78 is 5.32. The third-order valence-electron chi connectivity index (χ3n) is 4.46. The van der Waals surface area contributed by atoms with Gasteiger partial charge in [-0.15, -0.1) is 11.3 Å². The zero-order valence-corrected chi connectivity index (χ0v) is 14.2. The molecule has 0 atom stereocenters. The zero-order chi connectivity index (χ0) is 15.9. The molecule has 1 aliphatic rings. The van der Waals surface area contributed by atoms with Gasteiger partial charge in [0.15, 0.2) is 10.8 Å². The fourth-order valence-electron chi connectivity index (χ4n) is 3.22. The van der Waals surface area contributed by atoms with Crippen molar-refractivity contribution in [1.29, 1.82) is 0 Å². The zero-order valence-electron chi connectivity index (χ0n) is 13.4. The predicted molar refractivity (Wildman–Crippen MR) is 92.3 cm³/mol. The lowest BCUT2D eigenvalue weighted by Gasteiger charge is -2.21. The van der Waals surface area contributed by atoms with Crippen LogP contribution in [0.2, 0.25) is 0 Å². The lowest BCUT2D eigenvalue weighted by molar-refractivity contribution is -0.120. The number of carbonyl (C=O) groups excluding carboxylic acids is 1. The smallest absolute Gasteiger partial charge is 0.226 e. The van der Waals surface area contributed by atoms with Crippen molar-refractivity contribution in [3.8, 4) is 10.8 Å². The van der Waals surface area contributed by atoms with Gasteiger partial charge in [0, 0.05) is 11.9 Å². The fourth-order valence-corrected chi connectivity index (χ4v) is 4.01. The first kappa shape index (κ1) is 16.2. The van der Waals surface area contributed by atoms with Gasteiger partial charge in [0.05, 0.1) is 18.4 Å². The van der Waals surface area contributed by atoms with E-state index < -0.39 is 0 Å². The van der Waals surface area contributed by atoms with Crippen LogP contribution in [0, 0.1) is 5.92 Å². The number of thiazole rings is 1. The van der Waals surface area contributed by atoms with Gasteiger partial charge in [-0.1, -0.05) is 32.1 Å². The van der Waals surface area contributed by atoms with Gasteiger partial charge in [0.1, 0.15) is 0 Å². The molecular formula is C18H24N2O2S. The van der Waals surface area contributed by atoms with Crippen molar-refractivity contribution in [3.05, 3.63) is 29.5 Å². The number of nitrogens with zero attached hydrogens (tertiary/aromatic N) is 1. The second kappa shape index (κ2) is 8.29. The molecule has 2 heterocycles. The molecule has 1 fully saturated rings. The number of rotatable bonds is 7. The third-order valence-corrected chi connectivity index (χ3v) is 5.37. The topological polar surface area (TPSA) is 55.1 Å². The highest BCUT2D eigenvalue weighted by Crippen LogP contribution is 2.27. The van der Waals surface area contributed by atoms with E-state index >= 15 is 0 Å². The van der Waals surface area contributed by atoms with E-state index in [0.29, 0.717) is 6.42 Å². The van der Waals surface area contributed by atoms with Crippen LogP contribution in [0.15, 0.2) is 28.2 Å². The van der Waals surface area contributed by atoms with E-state index in [4.69, 9.17) is 4.42 Å². The third kappa shape index (κ3) is 4.93. The molecule has 0 saturated heterocycles. The molecule has 0 bridgehead atoms. The number of nitrogens with one attached hydrogen (secondary N) is 1. The Hall–Kier alpha value is -1.62. The highest BCUT2D eigenvalue weighted by atomic mass is 32.1. The lowest BCUT2D eigenvalue weighted by Crippen LogP contribution is -2.26. The summed E-state index contributed by atoms with van der Waals surface area (Å²) in [5.74, 6) is 1.70. The Kier molecular flexibility index (Phi) is 5.86. The fraction of sp³-hybridized carbons (Fsp3) is 0.556. The molecule has 0 radical (unpaired) electrons. The first-order valence-electron chi connectivity index (χ1n) is 8.56.